The Kier molecular flexibility index (Phi) is 6.57. The monoisotopic (exact) mass is 292 g/mol. The Hall–Kier alpha value is -0.870. The molecule has 0 radical (unpaired) electrons. The Morgan fingerprint density at radius 1 is 1.39 bits per heavy atom. The number of rotatable bonds is 7. The van der Waals surface area contributed by atoms with Crippen LogP contribution in [0, 0.1) is 0 Å². The minimum Gasteiger partial charge on any atom is -0.469 e. The number of nitrogens with one attached hydrogen (secondary N) is 1. The van der Waals surface area contributed by atoms with Gasteiger partial charge in [0.05, 0.1) is 7.11 Å². The van der Waals surface area contributed by atoms with Crippen LogP contribution in [0.5, 0.6) is 0 Å². The van der Waals surface area contributed by atoms with Gasteiger partial charge in [-0.05, 0) is 6.42 Å². The van der Waals surface area contributed by atoms with Crippen LogP contribution in [-0.4, -0.2) is 52.1 Å². The number of ether oxygens (including phenoxy) is 1. The summed E-state index contributed by atoms with van der Waals surface area (Å²) in [5.41, 5.74) is 0. The summed E-state index contributed by atoms with van der Waals surface area (Å²) in [5, 5.41) is 0. The Morgan fingerprint density at radius 2 is 1.94 bits per heavy atom. The third kappa shape index (κ3) is 7.45. The number of hydrogen-bond acceptors (Lipinski definition) is 4. The molecule has 0 rings (SSSR count). The van der Waals surface area contributed by atoms with E-state index in [9.17, 15) is 26.4 Å². The van der Waals surface area contributed by atoms with Gasteiger partial charge in [0.25, 0.3) is 10.2 Å². The fourth-order valence-electron chi connectivity index (χ4n) is 0.952. The lowest BCUT2D eigenvalue weighted by Gasteiger charge is -2.18. The molecule has 0 amide bonds. The van der Waals surface area contributed by atoms with Crippen LogP contribution in [0.1, 0.15) is 12.8 Å². The molecule has 6 nitrogen and oxygen atoms in total. The summed E-state index contributed by atoms with van der Waals surface area (Å²) in [6.07, 6.45) is -4.45. The van der Waals surface area contributed by atoms with Crippen molar-refractivity contribution < 1.29 is 31.1 Å². The van der Waals surface area contributed by atoms with E-state index in [-0.39, 0.29) is 19.4 Å². The van der Waals surface area contributed by atoms with E-state index in [0.717, 1.165) is 7.05 Å². The molecular weight excluding hydrogens is 277 g/mol. The lowest BCUT2D eigenvalue weighted by Crippen LogP contribution is -2.42. The highest BCUT2D eigenvalue weighted by molar-refractivity contribution is 7.87. The minimum atomic E-state index is -4.61. The molecule has 0 atom stereocenters. The number of nitrogens with zero attached hydrogens (tertiary/aromatic N) is 1. The van der Waals surface area contributed by atoms with Crippen LogP contribution in [-0.2, 0) is 19.7 Å². The molecule has 10 heteroatoms. The van der Waals surface area contributed by atoms with Crippen molar-refractivity contribution in [1.29, 1.82) is 0 Å². The molecule has 0 aliphatic rings. The highest BCUT2D eigenvalue weighted by Crippen LogP contribution is 2.13. The second kappa shape index (κ2) is 6.90. The summed E-state index contributed by atoms with van der Waals surface area (Å²) >= 11 is 0. The number of carbonyl (C=O) groups is 1. The van der Waals surface area contributed by atoms with Crippen molar-refractivity contribution in [3.63, 3.8) is 0 Å². The van der Waals surface area contributed by atoms with Crippen molar-refractivity contribution in [3.05, 3.63) is 0 Å². The quantitative estimate of drug-likeness (QED) is 0.683. The van der Waals surface area contributed by atoms with E-state index in [2.05, 4.69) is 4.74 Å². The first-order valence-electron chi connectivity index (χ1n) is 4.93. The predicted octanol–water partition coefficient (Wildman–Crippen LogP) is 0.268. The molecule has 108 valence electrons. The number of halogens is 3. The second-order valence-corrected chi connectivity index (χ2v) is 5.30. The number of esters is 1. The van der Waals surface area contributed by atoms with E-state index in [1.807, 2.05) is 0 Å². The molecule has 0 fully saturated rings. The maximum atomic E-state index is 11.8. The average Bonchev–Trinajstić information content (AvgIpc) is 2.25. The van der Waals surface area contributed by atoms with Crippen molar-refractivity contribution in [1.82, 2.24) is 9.03 Å². The van der Waals surface area contributed by atoms with Crippen LogP contribution < -0.4 is 4.72 Å². The largest absolute Gasteiger partial charge is 0.469 e. The van der Waals surface area contributed by atoms with Crippen molar-refractivity contribution in [2.75, 3.05) is 27.2 Å². The number of carbonyl (C=O) groups excluding carboxylic acids is 1. The highest BCUT2D eigenvalue weighted by Gasteiger charge is 2.30. The Morgan fingerprint density at radius 3 is 2.39 bits per heavy atom. The fourth-order valence-corrected chi connectivity index (χ4v) is 1.89. The molecule has 0 unspecified atom stereocenters. The standard InChI is InChI=1S/C8H15F3N2O4S/c1-13(5-3-4-7(14)17-2)18(15,16)12-6-8(9,10)11/h12H,3-6H2,1-2H3. The zero-order valence-corrected chi connectivity index (χ0v) is 10.8. The molecular formula is C8H15F3N2O4S. The lowest BCUT2D eigenvalue weighted by atomic mass is 10.3. The van der Waals surface area contributed by atoms with Gasteiger partial charge >= 0.3 is 12.1 Å². The normalized spacial score (nSPS) is 12.8. The van der Waals surface area contributed by atoms with Crippen LogP contribution in [0.15, 0.2) is 0 Å². The van der Waals surface area contributed by atoms with E-state index >= 15 is 0 Å². The maximum absolute atomic E-state index is 11.8. The van der Waals surface area contributed by atoms with Gasteiger partial charge in [0.2, 0.25) is 0 Å². The molecule has 1 N–H and O–H groups in total. The topological polar surface area (TPSA) is 75.7 Å². The van der Waals surface area contributed by atoms with Crippen LogP contribution in [0.3, 0.4) is 0 Å². The van der Waals surface area contributed by atoms with Crippen molar-refractivity contribution >= 4 is 16.2 Å². The van der Waals surface area contributed by atoms with Gasteiger partial charge in [0.15, 0.2) is 0 Å². The van der Waals surface area contributed by atoms with E-state index in [0.29, 0.717) is 4.31 Å². The number of alkyl halides is 3. The van der Waals surface area contributed by atoms with Crippen molar-refractivity contribution in [2.24, 2.45) is 0 Å². The third-order valence-electron chi connectivity index (χ3n) is 1.95. The van der Waals surface area contributed by atoms with Gasteiger partial charge in [-0.2, -0.15) is 30.6 Å². The number of methoxy groups -OCH3 is 1. The van der Waals surface area contributed by atoms with E-state index in [4.69, 9.17) is 0 Å². The molecule has 0 bridgehead atoms. The fraction of sp³-hybridized carbons (Fsp3) is 0.875. The minimum absolute atomic E-state index is 0.00433. The zero-order chi connectivity index (χ0) is 14.4. The predicted molar refractivity (Wildman–Crippen MR) is 56.9 cm³/mol. The van der Waals surface area contributed by atoms with Gasteiger partial charge in [0.1, 0.15) is 6.54 Å². The molecule has 0 aromatic carbocycles. The van der Waals surface area contributed by atoms with Crippen LogP contribution in [0.2, 0.25) is 0 Å². The molecule has 0 saturated heterocycles. The van der Waals surface area contributed by atoms with Crippen LogP contribution in [0.4, 0.5) is 13.2 Å². The molecule has 0 saturated carbocycles. The van der Waals surface area contributed by atoms with Gasteiger partial charge in [0, 0.05) is 20.0 Å². The summed E-state index contributed by atoms with van der Waals surface area (Å²) in [5.74, 6) is -0.510. The smallest absolute Gasteiger partial charge is 0.402 e. The summed E-state index contributed by atoms with van der Waals surface area (Å²) in [4.78, 5) is 10.7. The van der Waals surface area contributed by atoms with Crippen molar-refractivity contribution in [3.8, 4) is 0 Å². The lowest BCUT2D eigenvalue weighted by molar-refractivity contribution is -0.140. The Labute approximate surface area is 103 Å². The molecule has 0 aromatic heterocycles. The Balaban J connectivity index is 4.15. The van der Waals surface area contributed by atoms with Crippen LogP contribution in [0.25, 0.3) is 0 Å². The number of hydrogen-bond donors (Lipinski definition) is 1. The zero-order valence-electron chi connectivity index (χ0n) is 9.95. The van der Waals surface area contributed by atoms with Gasteiger partial charge in [-0.15, -0.1) is 0 Å². The molecule has 0 aliphatic carbocycles. The molecule has 18 heavy (non-hydrogen) atoms. The maximum Gasteiger partial charge on any atom is 0.402 e. The molecule has 0 heterocycles. The molecule has 0 spiro atoms. The van der Waals surface area contributed by atoms with E-state index in [1.165, 1.54) is 11.8 Å². The summed E-state index contributed by atoms with van der Waals surface area (Å²) in [7, 11) is -1.88. The third-order valence-corrected chi connectivity index (χ3v) is 3.46. The van der Waals surface area contributed by atoms with Gasteiger partial charge in [-0.3, -0.25) is 4.79 Å². The second-order valence-electron chi connectivity index (χ2n) is 3.44. The molecule has 0 aromatic rings. The van der Waals surface area contributed by atoms with Gasteiger partial charge in [-0.1, -0.05) is 0 Å². The van der Waals surface area contributed by atoms with Gasteiger partial charge in [-0.25, -0.2) is 0 Å². The first-order valence-corrected chi connectivity index (χ1v) is 6.37. The summed E-state index contributed by atoms with van der Waals surface area (Å²) in [6, 6.07) is 0. The summed E-state index contributed by atoms with van der Waals surface area (Å²) < 4.78 is 64.6. The van der Waals surface area contributed by atoms with E-state index < -0.39 is 28.9 Å². The van der Waals surface area contributed by atoms with Crippen LogP contribution >= 0.6 is 0 Å². The Bertz CT molecular complexity index is 369. The van der Waals surface area contributed by atoms with E-state index in [1.54, 1.807) is 0 Å². The van der Waals surface area contributed by atoms with Gasteiger partial charge < -0.3 is 4.74 Å². The van der Waals surface area contributed by atoms with Crippen molar-refractivity contribution in [2.45, 2.75) is 19.0 Å². The first kappa shape index (κ1) is 17.1. The summed E-state index contributed by atoms with van der Waals surface area (Å²) in [6.45, 7) is -1.71. The molecule has 0 aliphatic heterocycles. The first-order chi connectivity index (χ1) is 8.08. The highest BCUT2D eigenvalue weighted by atomic mass is 32.2. The average molecular weight is 292 g/mol. The SMILES string of the molecule is COC(=O)CCCN(C)S(=O)(=O)NCC(F)(F)F.